The van der Waals surface area contributed by atoms with Crippen molar-refractivity contribution in [2.75, 3.05) is 0 Å². The van der Waals surface area contributed by atoms with E-state index in [1.54, 1.807) is 4.68 Å². The fourth-order valence-corrected chi connectivity index (χ4v) is 3.31. The molecular weight excluding hydrogens is 272 g/mol. The largest absolute Gasteiger partial charge is 0.349 e. The van der Waals surface area contributed by atoms with Gasteiger partial charge in [0.2, 0.25) is 0 Å². The molecule has 0 aliphatic heterocycles. The van der Waals surface area contributed by atoms with Crippen molar-refractivity contribution < 1.29 is 0 Å². The highest BCUT2D eigenvalue weighted by Crippen LogP contribution is 2.29. The molecule has 20 heavy (non-hydrogen) atoms. The molecule has 1 atom stereocenters. The van der Waals surface area contributed by atoms with Crippen molar-refractivity contribution in [3.8, 4) is 0 Å². The van der Waals surface area contributed by atoms with E-state index in [0.717, 1.165) is 35.8 Å². The summed E-state index contributed by atoms with van der Waals surface area (Å²) in [6.45, 7) is 2.76. The summed E-state index contributed by atoms with van der Waals surface area (Å²) in [5, 5.41) is 5.08. The molecule has 0 bridgehead atoms. The number of hydrogen-bond donors (Lipinski definition) is 1. The van der Waals surface area contributed by atoms with Gasteiger partial charge in [-0.2, -0.15) is 5.10 Å². The van der Waals surface area contributed by atoms with E-state index in [4.69, 9.17) is 17.3 Å². The molecule has 0 radical (unpaired) electrons. The lowest BCUT2D eigenvalue weighted by molar-refractivity contribution is 0.610. The van der Waals surface area contributed by atoms with E-state index in [9.17, 15) is 0 Å². The zero-order valence-corrected chi connectivity index (χ0v) is 12.8. The minimum Gasteiger partial charge on any atom is -0.349 e. The summed E-state index contributed by atoms with van der Waals surface area (Å²) in [6, 6.07) is 0.180. The Morgan fingerprint density at radius 2 is 2.20 bits per heavy atom. The Morgan fingerprint density at radius 3 is 2.90 bits per heavy atom. The Hall–Kier alpha value is -1.26. The molecule has 4 nitrogen and oxygen atoms in total. The molecule has 108 valence electrons. The molecule has 3 rings (SSSR count). The molecule has 0 fully saturated rings. The van der Waals surface area contributed by atoms with Crippen molar-refractivity contribution in [2.24, 2.45) is 12.8 Å². The van der Waals surface area contributed by atoms with Crippen LogP contribution in [0.3, 0.4) is 0 Å². The second-order valence-electron chi connectivity index (χ2n) is 5.74. The first-order chi connectivity index (χ1) is 9.56. The SMILES string of the molecule is Cc1nn(C)c(Cl)c1Cn1cc2c(c1)C(N)CCCC2. The molecule has 0 spiro atoms. The normalized spacial score (nSPS) is 18.9. The first-order valence-electron chi connectivity index (χ1n) is 7.18. The number of hydrogen-bond acceptors (Lipinski definition) is 2. The second kappa shape index (κ2) is 5.26. The van der Waals surface area contributed by atoms with Crippen molar-refractivity contribution in [3.05, 3.63) is 39.9 Å². The van der Waals surface area contributed by atoms with Gasteiger partial charge in [0, 0.05) is 31.0 Å². The Balaban J connectivity index is 1.90. The number of rotatable bonds is 2. The van der Waals surface area contributed by atoms with Crippen molar-refractivity contribution in [1.82, 2.24) is 14.3 Å². The second-order valence-corrected chi connectivity index (χ2v) is 6.10. The Kier molecular flexibility index (Phi) is 3.61. The third kappa shape index (κ3) is 2.38. The van der Waals surface area contributed by atoms with Crippen LogP contribution in [-0.4, -0.2) is 14.3 Å². The van der Waals surface area contributed by atoms with Crippen LogP contribution in [-0.2, 0) is 20.0 Å². The first kappa shape index (κ1) is 13.7. The molecule has 2 heterocycles. The van der Waals surface area contributed by atoms with Crippen LogP contribution in [0, 0.1) is 6.92 Å². The highest BCUT2D eigenvalue weighted by Gasteiger charge is 2.18. The lowest BCUT2D eigenvalue weighted by atomic mass is 10.1. The molecule has 2 aromatic rings. The minimum absolute atomic E-state index is 0.180. The van der Waals surface area contributed by atoms with Crippen LogP contribution in [0.25, 0.3) is 0 Å². The molecule has 2 N–H and O–H groups in total. The third-order valence-corrected chi connectivity index (χ3v) is 4.69. The van der Waals surface area contributed by atoms with E-state index in [1.165, 1.54) is 24.0 Å². The predicted octanol–water partition coefficient (Wildman–Crippen LogP) is 2.96. The van der Waals surface area contributed by atoms with Crippen LogP contribution in [0.1, 0.15) is 47.7 Å². The van der Waals surface area contributed by atoms with Gasteiger partial charge in [0.05, 0.1) is 12.2 Å². The van der Waals surface area contributed by atoms with E-state index < -0.39 is 0 Å². The number of halogens is 1. The molecular formula is C15H21ClN4. The van der Waals surface area contributed by atoms with Crippen molar-refractivity contribution in [2.45, 2.75) is 45.2 Å². The Labute approximate surface area is 124 Å². The number of aryl methyl sites for hydroxylation is 3. The van der Waals surface area contributed by atoms with Crippen LogP contribution < -0.4 is 5.73 Å². The molecule has 0 saturated heterocycles. The smallest absolute Gasteiger partial charge is 0.131 e. The lowest BCUT2D eigenvalue weighted by Gasteiger charge is -2.07. The summed E-state index contributed by atoms with van der Waals surface area (Å²) in [7, 11) is 1.87. The monoisotopic (exact) mass is 292 g/mol. The molecule has 0 saturated carbocycles. The number of nitrogens with zero attached hydrogens (tertiary/aromatic N) is 3. The maximum absolute atomic E-state index is 6.31. The molecule has 0 aromatic carbocycles. The highest BCUT2D eigenvalue weighted by molar-refractivity contribution is 6.30. The lowest BCUT2D eigenvalue weighted by Crippen LogP contribution is -2.09. The summed E-state index contributed by atoms with van der Waals surface area (Å²) in [6.07, 6.45) is 9.09. The fourth-order valence-electron chi connectivity index (χ4n) is 3.08. The summed E-state index contributed by atoms with van der Waals surface area (Å²) in [5.74, 6) is 0. The maximum atomic E-state index is 6.31. The van der Waals surface area contributed by atoms with E-state index in [-0.39, 0.29) is 6.04 Å². The van der Waals surface area contributed by atoms with Gasteiger partial charge in [0.1, 0.15) is 5.15 Å². The fraction of sp³-hybridized carbons (Fsp3) is 0.533. The Bertz CT molecular complexity index is 626. The van der Waals surface area contributed by atoms with Crippen LogP contribution >= 0.6 is 11.6 Å². The van der Waals surface area contributed by atoms with Gasteiger partial charge in [0.15, 0.2) is 0 Å². The standard InChI is InChI=1S/C15H21ClN4/c1-10-12(15(16)19(2)18-10)8-20-7-11-5-3-4-6-14(17)13(11)9-20/h7,9,14H,3-6,8,17H2,1-2H3. The van der Waals surface area contributed by atoms with Crippen LogP contribution in [0.5, 0.6) is 0 Å². The topological polar surface area (TPSA) is 48.8 Å². The quantitative estimate of drug-likeness (QED) is 0.865. The van der Waals surface area contributed by atoms with Crippen molar-refractivity contribution >= 4 is 11.6 Å². The summed E-state index contributed by atoms with van der Waals surface area (Å²) in [4.78, 5) is 0. The maximum Gasteiger partial charge on any atom is 0.131 e. The summed E-state index contributed by atoms with van der Waals surface area (Å²) < 4.78 is 3.93. The van der Waals surface area contributed by atoms with Gasteiger partial charge in [-0.3, -0.25) is 4.68 Å². The number of aromatic nitrogens is 3. The van der Waals surface area contributed by atoms with Gasteiger partial charge in [-0.25, -0.2) is 0 Å². The van der Waals surface area contributed by atoms with Crippen molar-refractivity contribution in [3.63, 3.8) is 0 Å². The minimum atomic E-state index is 0.180. The first-order valence-corrected chi connectivity index (χ1v) is 7.56. The molecule has 1 unspecified atom stereocenters. The molecule has 5 heteroatoms. The molecule has 0 amide bonds. The van der Waals surface area contributed by atoms with E-state index >= 15 is 0 Å². The van der Waals surface area contributed by atoms with Crippen molar-refractivity contribution in [1.29, 1.82) is 0 Å². The highest BCUT2D eigenvalue weighted by atomic mass is 35.5. The van der Waals surface area contributed by atoms with Crippen LogP contribution in [0.2, 0.25) is 5.15 Å². The van der Waals surface area contributed by atoms with E-state index in [1.807, 2.05) is 14.0 Å². The molecule has 1 aliphatic rings. The van der Waals surface area contributed by atoms with Gasteiger partial charge < -0.3 is 10.3 Å². The molecule has 1 aliphatic carbocycles. The zero-order valence-electron chi connectivity index (χ0n) is 12.1. The van der Waals surface area contributed by atoms with Crippen LogP contribution in [0.15, 0.2) is 12.4 Å². The van der Waals surface area contributed by atoms with E-state index in [2.05, 4.69) is 22.1 Å². The zero-order chi connectivity index (χ0) is 14.3. The average molecular weight is 293 g/mol. The van der Waals surface area contributed by atoms with Crippen LogP contribution in [0.4, 0.5) is 0 Å². The number of nitrogens with two attached hydrogens (primary N) is 1. The average Bonchev–Trinajstić information content (AvgIpc) is 2.86. The van der Waals surface area contributed by atoms with Gasteiger partial charge in [0.25, 0.3) is 0 Å². The van der Waals surface area contributed by atoms with Gasteiger partial charge in [-0.05, 0) is 37.3 Å². The van der Waals surface area contributed by atoms with Gasteiger partial charge in [-0.1, -0.05) is 18.0 Å². The molecule has 2 aromatic heterocycles. The summed E-state index contributed by atoms with van der Waals surface area (Å²) >= 11 is 6.31. The summed E-state index contributed by atoms with van der Waals surface area (Å²) in [5.41, 5.74) is 11.0. The Morgan fingerprint density at radius 1 is 1.40 bits per heavy atom. The van der Waals surface area contributed by atoms with Gasteiger partial charge >= 0.3 is 0 Å². The third-order valence-electron chi connectivity index (χ3n) is 4.22. The van der Waals surface area contributed by atoms with E-state index in [0.29, 0.717) is 0 Å². The predicted molar refractivity (Wildman–Crippen MR) is 81.0 cm³/mol. The van der Waals surface area contributed by atoms with Gasteiger partial charge in [-0.15, -0.1) is 0 Å². The number of fused-ring (bicyclic) bond motifs is 1.